The van der Waals surface area contributed by atoms with Crippen LogP contribution in [0.2, 0.25) is 5.02 Å². The van der Waals surface area contributed by atoms with Gasteiger partial charge in [0.1, 0.15) is 5.82 Å². The molecule has 1 fully saturated rings. The average Bonchev–Trinajstić information content (AvgIpc) is 3.06. The van der Waals surface area contributed by atoms with E-state index in [1.807, 2.05) is 28.8 Å². The minimum atomic E-state index is -0.249. The summed E-state index contributed by atoms with van der Waals surface area (Å²) in [7, 11) is 0. The van der Waals surface area contributed by atoms with Gasteiger partial charge in [0.15, 0.2) is 4.77 Å². The second-order valence-electron chi connectivity index (χ2n) is 7.60. The van der Waals surface area contributed by atoms with E-state index in [9.17, 15) is 4.39 Å². The number of hydrogen-bond donors (Lipinski definition) is 1. The van der Waals surface area contributed by atoms with Crippen LogP contribution in [0.4, 0.5) is 4.39 Å². The summed E-state index contributed by atoms with van der Waals surface area (Å²) in [6.07, 6.45) is 8.58. The molecule has 0 bridgehead atoms. The first-order valence-electron chi connectivity index (χ1n) is 10.2. The lowest BCUT2D eigenvalue weighted by atomic mass is 9.95. The smallest absolute Gasteiger partial charge is 0.185 e. The van der Waals surface area contributed by atoms with Gasteiger partial charge in [-0.2, -0.15) is 0 Å². The largest absolute Gasteiger partial charge is 0.322 e. The zero-order chi connectivity index (χ0) is 20.2. The van der Waals surface area contributed by atoms with Crippen LogP contribution in [0.3, 0.4) is 0 Å². The van der Waals surface area contributed by atoms with Crippen LogP contribution in [0, 0.1) is 10.6 Å². The van der Waals surface area contributed by atoms with E-state index in [0.717, 1.165) is 34.8 Å². The predicted octanol–water partition coefficient (Wildman–Crippen LogP) is 6.39. The van der Waals surface area contributed by atoms with Crippen molar-refractivity contribution in [3.63, 3.8) is 0 Å². The molecule has 0 aliphatic heterocycles. The highest BCUT2D eigenvalue weighted by atomic mass is 35.5. The molecule has 29 heavy (non-hydrogen) atoms. The van der Waals surface area contributed by atoms with Crippen molar-refractivity contribution in [3.05, 3.63) is 70.3 Å². The van der Waals surface area contributed by atoms with Crippen molar-refractivity contribution in [1.29, 1.82) is 0 Å². The fourth-order valence-electron chi connectivity index (χ4n) is 4.01. The van der Waals surface area contributed by atoms with Gasteiger partial charge in [-0.3, -0.25) is 4.57 Å². The molecule has 0 spiro atoms. The lowest BCUT2D eigenvalue weighted by Crippen LogP contribution is -2.33. The monoisotopic (exact) mass is 429 g/mol. The van der Waals surface area contributed by atoms with Crippen LogP contribution < -0.4 is 5.32 Å². The molecule has 0 amide bonds. The van der Waals surface area contributed by atoms with E-state index in [1.165, 1.54) is 44.2 Å². The van der Waals surface area contributed by atoms with Gasteiger partial charge in [-0.05, 0) is 73.6 Å². The van der Waals surface area contributed by atoms with Crippen LogP contribution in [-0.2, 0) is 6.54 Å². The summed E-state index contributed by atoms with van der Waals surface area (Å²) < 4.78 is 18.3. The van der Waals surface area contributed by atoms with Gasteiger partial charge in [0.25, 0.3) is 0 Å². The van der Waals surface area contributed by atoms with Gasteiger partial charge in [0.2, 0.25) is 0 Å². The van der Waals surface area contributed by atoms with E-state index < -0.39 is 0 Å². The Morgan fingerprint density at radius 2 is 1.69 bits per heavy atom. The summed E-state index contributed by atoms with van der Waals surface area (Å²) >= 11 is 11.9. The van der Waals surface area contributed by atoms with Crippen molar-refractivity contribution in [3.8, 4) is 16.9 Å². The third-order valence-corrected chi connectivity index (χ3v) is 6.24. The van der Waals surface area contributed by atoms with E-state index in [-0.39, 0.29) is 5.82 Å². The van der Waals surface area contributed by atoms with Gasteiger partial charge < -0.3 is 9.88 Å². The summed E-state index contributed by atoms with van der Waals surface area (Å²) in [5.74, 6) is -0.249. The molecule has 0 saturated heterocycles. The fraction of sp³-hybridized carbons (Fsp3) is 0.348. The number of nitrogens with zero attached hydrogens (tertiary/aromatic N) is 2. The Kier molecular flexibility index (Phi) is 6.48. The minimum absolute atomic E-state index is 0.249. The van der Waals surface area contributed by atoms with Crippen LogP contribution >= 0.6 is 23.8 Å². The normalized spacial score (nSPS) is 15.0. The third kappa shape index (κ3) is 4.80. The summed E-state index contributed by atoms with van der Waals surface area (Å²) in [5.41, 5.74) is 2.80. The maximum Gasteiger partial charge on any atom is 0.185 e. The molecule has 1 aliphatic rings. The molecule has 4 rings (SSSR count). The van der Waals surface area contributed by atoms with Crippen LogP contribution in [0.15, 0.2) is 54.7 Å². The number of imidazole rings is 1. The molecule has 152 valence electrons. The van der Waals surface area contributed by atoms with Crippen LogP contribution in [0.5, 0.6) is 0 Å². The first kappa shape index (κ1) is 20.3. The number of nitrogens with one attached hydrogen (secondary N) is 1. The zero-order valence-electron chi connectivity index (χ0n) is 16.3. The molecular weight excluding hydrogens is 405 g/mol. The van der Waals surface area contributed by atoms with Crippen LogP contribution in [0.1, 0.15) is 32.1 Å². The molecule has 3 nitrogen and oxygen atoms in total. The van der Waals surface area contributed by atoms with E-state index in [2.05, 4.69) is 16.1 Å². The lowest BCUT2D eigenvalue weighted by Gasteiger charge is -2.22. The summed E-state index contributed by atoms with van der Waals surface area (Å²) in [6, 6.07) is 14.8. The molecular formula is C23H25ClFN3S. The molecule has 0 atom stereocenters. The Morgan fingerprint density at radius 3 is 2.38 bits per heavy atom. The van der Waals surface area contributed by atoms with Crippen molar-refractivity contribution in [2.45, 2.75) is 44.7 Å². The molecule has 1 heterocycles. The zero-order valence-corrected chi connectivity index (χ0v) is 17.9. The molecule has 1 saturated carbocycles. The van der Waals surface area contributed by atoms with Crippen molar-refractivity contribution in [2.75, 3.05) is 6.54 Å². The van der Waals surface area contributed by atoms with Gasteiger partial charge >= 0.3 is 0 Å². The summed E-state index contributed by atoms with van der Waals surface area (Å²) in [5, 5.41) is 4.36. The summed E-state index contributed by atoms with van der Waals surface area (Å²) in [4.78, 5) is 0. The molecule has 6 heteroatoms. The first-order chi connectivity index (χ1) is 14.1. The number of hydrogen-bond acceptors (Lipinski definition) is 2. The van der Waals surface area contributed by atoms with E-state index in [4.69, 9.17) is 23.8 Å². The number of aromatic nitrogens is 2. The van der Waals surface area contributed by atoms with Crippen LogP contribution in [0.25, 0.3) is 16.9 Å². The van der Waals surface area contributed by atoms with Gasteiger partial charge in [-0.1, -0.05) is 30.9 Å². The van der Waals surface area contributed by atoms with Crippen LogP contribution in [-0.4, -0.2) is 21.7 Å². The molecule has 1 N–H and O–H groups in total. The first-order valence-corrected chi connectivity index (χ1v) is 11.0. The Hall–Kier alpha value is -1.95. The molecule has 2 aromatic carbocycles. The highest BCUT2D eigenvalue weighted by Crippen LogP contribution is 2.26. The SMILES string of the molecule is Fc1ccc(-c2cn(CCNC3CCCCC3)c(=S)n2-c2ccc(Cl)cc2)cc1. The minimum Gasteiger partial charge on any atom is -0.322 e. The van der Waals surface area contributed by atoms with E-state index in [1.54, 1.807) is 12.1 Å². The molecule has 0 unspecified atom stereocenters. The second kappa shape index (κ2) is 9.24. The second-order valence-corrected chi connectivity index (χ2v) is 8.40. The fourth-order valence-corrected chi connectivity index (χ4v) is 4.49. The Morgan fingerprint density at radius 1 is 1.00 bits per heavy atom. The Balaban J connectivity index is 1.63. The van der Waals surface area contributed by atoms with Crippen molar-refractivity contribution >= 4 is 23.8 Å². The van der Waals surface area contributed by atoms with E-state index >= 15 is 0 Å². The summed E-state index contributed by atoms with van der Waals surface area (Å²) in [6.45, 7) is 1.68. The topological polar surface area (TPSA) is 21.9 Å². The maximum absolute atomic E-state index is 13.4. The van der Waals surface area contributed by atoms with Gasteiger partial charge in [0, 0.05) is 41.6 Å². The van der Waals surface area contributed by atoms with Crippen molar-refractivity contribution in [1.82, 2.24) is 14.5 Å². The number of benzene rings is 2. The highest BCUT2D eigenvalue weighted by molar-refractivity contribution is 7.71. The van der Waals surface area contributed by atoms with Gasteiger partial charge in [-0.15, -0.1) is 0 Å². The highest BCUT2D eigenvalue weighted by Gasteiger charge is 2.15. The van der Waals surface area contributed by atoms with Crippen molar-refractivity contribution < 1.29 is 4.39 Å². The number of halogens is 2. The molecule has 3 aromatic rings. The predicted molar refractivity (Wildman–Crippen MR) is 120 cm³/mol. The lowest BCUT2D eigenvalue weighted by molar-refractivity contribution is 0.367. The quantitative estimate of drug-likeness (QED) is 0.458. The maximum atomic E-state index is 13.4. The standard InChI is InChI=1S/C23H25ClFN3S/c24-18-8-12-21(13-9-18)28-22(17-6-10-19(25)11-7-17)16-27(23(28)29)15-14-26-20-4-2-1-3-5-20/h6-13,16,20,26H,1-5,14-15H2. The van der Waals surface area contributed by atoms with Gasteiger partial charge in [0.05, 0.1) is 5.69 Å². The average molecular weight is 430 g/mol. The van der Waals surface area contributed by atoms with E-state index in [0.29, 0.717) is 11.1 Å². The third-order valence-electron chi connectivity index (χ3n) is 5.57. The molecule has 1 aromatic heterocycles. The molecule has 0 radical (unpaired) electrons. The molecule has 1 aliphatic carbocycles. The Labute approximate surface area is 181 Å². The van der Waals surface area contributed by atoms with Gasteiger partial charge in [-0.25, -0.2) is 4.39 Å². The Bertz CT molecular complexity index is 1000. The van der Waals surface area contributed by atoms with Crippen molar-refractivity contribution in [2.24, 2.45) is 0 Å². The number of rotatable bonds is 6.